The maximum absolute atomic E-state index is 13.5. The molecule has 5 heteroatoms. The number of carbonyl (C=O) groups is 2. The molecule has 0 radical (unpaired) electrons. The van der Waals surface area contributed by atoms with Gasteiger partial charge < -0.3 is 10.4 Å². The highest BCUT2D eigenvalue weighted by Crippen LogP contribution is 2.77. The second-order valence-corrected chi connectivity index (χ2v) is 18.8. The monoisotopic (exact) mass is 654 g/mol. The molecule has 5 nitrogen and oxygen atoms in total. The summed E-state index contributed by atoms with van der Waals surface area (Å²) in [5, 5.41) is 13.0. The van der Waals surface area contributed by atoms with Crippen LogP contribution in [-0.2, 0) is 4.79 Å². The number of hydrogen-bond donors (Lipinski definition) is 2. The number of carboxylic acids is 1. The normalized spacial score (nSPS) is 43.3. The smallest absolute Gasteiger partial charge is 0.335 e. The summed E-state index contributed by atoms with van der Waals surface area (Å²) in [7, 11) is 2.11. The number of likely N-dealkylation sites (tertiary alicyclic amines) is 1. The number of amides is 1. The number of nitrogens with one attached hydrogen (secondary N) is 1. The predicted octanol–water partition coefficient (Wildman–Crippen LogP) is 9.25. The zero-order valence-corrected chi connectivity index (χ0v) is 31.0. The fourth-order valence-corrected chi connectivity index (χ4v) is 14.1. The number of allylic oxidation sites excluding steroid dienone is 3. The lowest BCUT2D eigenvalue weighted by molar-refractivity contribution is -0.225. The van der Waals surface area contributed by atoms with Crippen LogP contribution in [0.15, 0.2) is 42.5 Å². The van der Waals surface area contributed by atoms with E-state index in [1.807, 2.05) is 12.1 Å². The van der Waals surface area contributed by atoms with E-state index in [1.54, 1.807) is 12.1 Å². The Bertz CT molecular complexity index is 1510. The molecule has 1 saturated heterocycles. The van der Waals surface area contributed by atoms with Crippen molar-refractivity contribution in [2.24, 2.45) is 56.7 Å². The van der Waals surface area contributed by atoms with Gasteiger partial charge in [0.2, 0.25) is 5.91 Å². The van der Waals surface area contributed by atoms with Crippen molar-refractivity contribution in [2.45, 2.75) is 118 Å². The van der Waals surface area contributed by atoms with Gasteiger partial charge in [-0.05, 0) is 171 Å². The van der Waals surface area contributed by atoms with E-state index >= 15 is 0 Å². The molecule has 1 aromatic carbocycles. The third-order valence-corrected chi connectivity index (χ3v) is 16.7. The van der Waals surface area contributed by atoms with Crippen molar-refractivity contribution < 1.29 is 14.7 Å². The first kappa shape index (κ1) is 34.1. The van der Waals surface area contributed by atoms with Crippen LogP contribution >= 0.6 is 0 Å². The van der Waals surface area contributed by atoms with Crippen LogP contribution in [0.3, 0.4) is 0 Å². The number of benzene rings is 1. The summed E-state index contributed by atoms with van der Waals surface area (Å²) >= 11 is 0. The summed E-state index contributed by atoms with van der Waals surface area (Å²) in [4.78, 5) is 27.3. The van der Waals surface area contributed by atoms with E-state index in [4.69, 9.17) is 0 Å². The zero-order chi connectivity index (χ0) is 34.4. The molecule has 5 aliphatic carbocycles. The van der Waals surface area contributed by atoms with Crippen molar-refractivity contribution in [2.75, 3.05) is 20.1 Å². The maximum Gasteiger partial charge on any atom is 0.335 e. The van der Waals surface area contributed by atoms with Crippen molar-refractivity contribution >= 4 is 17.4 Å². The van der Waals surface area contributed by atoms with Gasteiger partial charge in [-0.1, -0.05) is 65.0 Å². The van der Waals surface area contributed by atoms with Crippen LogP contribution < -0.4 is 5.32 Å². The summed E-state index contributed by atoms with van der Waals surface area (Å²) in [6.07, 6.45) is 15.8. The molecule has 2 N–H and O–H groups in total. The van der Waals surface area contributed by atoms with Crippen molar-refractivity contribution in [1.82, 2.24) is 10.2 Å². The van der Waals surface area contributed by atoms with Crippen molar-refractivity contribution in [3.63, 3.8) is 0 Å². The zero-order valence-electron chi connectivity index (χ0n) is 31.0. The lowest BCUT2D eigenvalue weighted by Crippen LogP contribution is -2.66. The minimum absolute atomic E-state index is 0.0145. The molecule has 1 aromatic rings. The van der Waals surface area contributed by atoms with Gasteiger partial charge in [0, 0.05) is 6.54 Å². The quantitative estimate of drug-likeness (QED) is 0.300. The third-order valence-electron chi connectivity index (χ3n) is 16.7. The molecular formula is C43H62N2O3. The number of hydrogen-bond acceptors (Lipinski definition) is 3. The summed E-state index contributed by atoms with van der Waals surface area (Å²) in [5.41, 5.74) is 5.27. The van der Waals surface area contributed by atoms with Gasteiger partial charge in [0.15, 0.2) is 0 Å². The Morgan fingerprint density at radius 3 is 2.29 bits per heavy atom. The van der Waals surface area contributed by atoms with E-state index in [0.717, 1.165) is 32.4 Å². The van der Waals surface area contributed by atoms with E-state index in [1.165, 1.54) is 68.1 Å². The van der Waals surface area contributed by atoms with E-state index in [9.17, 15) is 14.7 Å². The Morgan fingerprint density at radius 1 is 0.917 bits per heavy atom. The average molecular weight is 655 g/mol. The summed E-state index contributed by atoms with van der Waals surface area (Å²) in [6, 6.07) is 7.63. The van der Waals surface area contributed by atoms with Crippen LogP contribution in [0.2, 0.25) is 0 Å². The molecule has 7 rings (SSSR count). The number of carbonyl (C=O) groups excluding carboxylic acids is 1. The van der Waals surface area contributed by atoms with E-state index in [0.29, 0.717) is 35.2 Å². The van der Waals surface area contributed by atoms with Gasteiger partial charge in [0.05, 0.1) is 11.6 Å². The summed E-state index contributed by atoms with van der Waals surface area (Å²) in [6.45, 7) is 21.7. The van der Waals surface area contributed by atoms with Gasteiger partial charge in [0.25, 0.3) is 0 Å². The third kappa shape index (κ3) is 4.78. The maximum atomic E-state index is 13.5. The van der Waals surface area contributed by atoms with E-state index in [2.05, 4.69) is 71.5 Å². The first-order valence-corrected chi connectivity index (χ1v) is 19.3. The Kier molecular flexibility index (Phi) is 8.21. The van der Waals surface area contributed by atoms with Gasteiger partial charge in [-0.3, -0.25) is 9.69 Å². The number of rotatable bonds is 6. The van der Waals surface area contributed by atoms with Crippen molar-refractivity contribution in [3.8, 4) is 0 Å². The molecule has 1 unspecified atom stereocenters. The van der Waals surface area contributed by atoms with Gasteiger partial charge in [-0.2, -0.15) is 0 Å². The minimum Gasteiger partial charge on any atom is -0.478 e. The van der Waals surface area contributed by atoms with E-state index < -0.39 is 5.97 Å². The molecule has 0 spiro atoms. The highest BCUT2D eigenvalue weighted by molar-refractivity contribution is 5.88. The number of carboxylic acid groups (broad SMARTS) is 1. The Balaban J connectivity index is 1.18. The van der Waals surface area contributed by atoms with Crippen LogP contribution in [0, 0.1) is 56.7 Å². The second kappa shape index (κ2) is 11.6. The highest BCUT2D eigenvalue weighted by atomic mass is 16.4. The number of likely N-dealkylation sites (N-methyl/N-ethyl adjacent to an activating group) is 1. The van der Waals surface area contributed by atoms with Crippen molar-refractivity contribution in [1.29, 1.82) is 0 Å². The summed E-state index contributed by atoms with van der Waals surface area (Å²) < 4.78 is 0. The van der Waals surface area contributed by atoms with Gasteiger partial charge in [0.1, 0.15) is 0 Å². The highest BCUT2D eigenvalue weighted by Gasteiger charge is 2.70. The number of fused-ring (bicyclic) bond motifs is 7. The Morgan fingerprint density at radius 2 is 1.65 bits per heavy atom. The molecule has 1 aliphatic heterocycles. The molecular weight excluding hydrogens is 592 g/mol. The lowest BCUT2D eigenvalue weighted by atomic mass is 9.32. The van der Waals surface area contributed by atoms with Crippen molar-refractivity contribution in [3.05, 3.63) is 53.6 Å². The molecule has 0 bridgehead atoms. The van der Waals surface area contributed by atoms with Crippen LogP contribution in [0.4, 0.5) is 0 Å². The summed E-state index contributed by atoms with van der Waals surface area (Å²) in [5.74, 6) is 2.46. The topological polar surface area (TPSA) is 69.6 Å². The standard InChI is InChI=1S/C43H62N2O3/c1-27(2)30-17-22-43(26-44-37(46)33-10-9-25-45(33)8)24-23-41(6)32(36(30)43)15-16-35-40(5)20-18-31(28-11-13-29(14-12-28)38(47)48)39(3,4)34(40)19-21-42(35,41)7/h11-14,18,30,32-36H,1,9-10,15-17,19-26H2,2-8H3,(H,44,46)(H,47,48)/t30?,32-,33+,34+,35-,36-,40+,41-,42-,43-/m1/s1. The Labute approximate surface area is 290 Å². The molecule has 1 amide bonds. The fourth-order valence-electron chi connectivity index (χ4n) is 14.1. The lowest BCUT2D eigenvalue weighted by Gasteiger charge is -2.72. The molecule has 1 heterocycles. The Hall–Kier alpha value is -2.40. The van der Waals surface area contributed by atoms with Gasteiger partial charge in [-0.25, -0.2) is 4.79 Å². The predicted molar refractivity (Wildman–Crippen MR) is 194 cm³/mol. The average Bonchev–Trinajstić information content (AvgIpc) is 3.64. The molecule has 5 fully saturated rings. The first-order valence-electron chi connectivity index (χ1n) is 19.3. The number of nitrogens with zero attached hydrogens (tertiary/aromatic N) is 1. The van der Waals surface area contributed by atoms with E-state index in [-0.39, 0.29) is 39.0 Å². The van der Waals surface area contributed by atoms with Crippen LogP contribution in [0.5, 0.6) is 0 Å². The molecule has 0 aromatic heterocycles. The fraction of sp³-hybridized carbons (Fsp3) is 0.721. The molecule has 6 aliphatic rings. The van der Waals surface area contributed by atoms with Crippen LogP contribution in [-0.4, -0.2) is 48.1 Å². The van der Waals surface area contributed by atoms with Crippen LogP contribution in [0.25, 0.3) is 5.57 Å². The second-order valence-electron chi connectivity index (χ2n) is 18.8. The minimum atomic E-state index is -0.865. The molecule has 262 valence electrons. The molecule has 4 saturated carbocycles. The molecule has 10 atom stereocenters. The van der Waals surface area contributed by atoms with Gasteiger partial charge >= 0.3 is 5.97 Å². The number of aromatic carboxylic acids is 1. The van der Waals surface area contributed by atoms with Crippen LogP contribution in [0.1, 0.15) is 128 Å². The van der Waals surface area contributed by atoms with Gasteiger partial charge in [-0.15, -0.1) is 0 Å². The largest absolute Gasteiger partial charge is 0.478 e. The molecule has 48 heavy (non-hydrogen) atoms. The first-order chi connectivity index (χ1) is 22.6. The SMILES string of the molecule is C=C(C)C1CC[C@]2(CNC(=O)[C@@H]3CCCN3C)CC[C@]3(C)[C@H](CC[C@@H]4[C@@]5(C)CC=C(c6ccc(C(=O)O)cc6)C(C)(C)[C@@H]5CC[C@]43C)[C@@H]12.